The molecular weight excluding hydrogens is 296 g/mol. The molecule has 1 aliphatic rings. The van der Waals surface area contributed by atoms with E-state index in [1.165, 1.54) is 0 Å². The molecule has 0 aliphatic carbocycles. The van der Waals surface area contributed by atoms with E-state index in [1.807, 2.05) is 10.6 Å². The number of carbonyl (C=O) groups is 3. The van der Waals surface area contributed by atoms with E-state index in [0.29, 0.717) is 32.0 Å². The van der Waals surface area contributed by atoms with Crippen LogP contribution in [0, 0.1) is 17.6 Å². The predicted octanol–water partition coefficient (Wildman–Crippen LogP) is 0.546. The lowest BCUT2D eigenvalue weighted by atomic mass is 9.97. The number of imide groups is 1. The van der Waals surface area contributed by atoms with Crippen molar-refractivity contribution in [2.75, 3.05) is 18.4 Å². The highest BCUT2D eigenvalue weighted by Gasteiger charge is 2.25. The highest BCUT2D eigenvalue weighted by atomic mass is 19.1. The number of carbonyl (C=O) groups excluding carboxylic acids is 3. The Balaban J connectivity index is 1.91. The highest BCUT2D eigenvalue weighted by molar-refractivity contribution is 6.42. The topological polar surface area (TPSA) is 87.3 Å². The molecule has 0 atom stereocenters. The quantitative estimate of drug-likeness (QED) is 0.696. The highest BCUT2D eigenvalue weighted by Crippen LogP contribution is 2.15. The van der Waals surface area contributed by atoms with Crippen molar-refractivity contribution >= 4 is 23.4 Å². The van der Waals surface area contributed by atoms with E-state index in [1.54, 1.807) is 0 Å². The first-order chi connectivity index (χ1) is 10.5. The van der Waals surface area contributed by atoms with Crippen molar-refractivity contribution in [2.45, 2.75) is 12.8 Å². The minimum Gasteiger partial charge on any atom is -0.317 e. The summed E-state index contributed by atoms with van der Waals surface area (Å²) in [6.07, 6.45) is 1.15. The summed E-state index contributed by atoms with van der Waals surface area (Å²) in [7, 11) is 0. The van der Waals surface area contributed by atoms with Gasteiger partial charge in [-0.05, 0) is 38.1 Å². The van der Waals surface area contributed by atoms with Gasteiger partial charge in [-0.25, -0.2) is 8.78 Å². The van der Waals surface area contributed by atoms with E-state index in [2.05, 4.69) is 5.32 Å². The standard InChI is InChI=1S/C14H15F2N3O3/c15-9-1-2-11(10(16)7-9)18-13(21)14(22)19-12(20)8-3-5-17-6-4-8/h1-2,7-8,17H,3-6H2,(H,18,21)(H,19,20,22). The average Bonchev–Trinajstić information content (AvgIpc) is 2.50. The van der Waals surface area contributed by atoms with Crippen molar-refractivity contribution in [3.05, 3.63) is 29.8 Å². The molecule has 0 unspecified atom stereocenters. The van der Waals surface area contributed by atoms with Gasteiger partial charge >= 0.3 is 11.8 Å². The summed E-state index contributed by atoms with van der Waals surface area (Å²) in [5.74, 6) is -5.03. The molecule has 1 heterocycles. The molecule has 1 aromatic rings. The van der Waals surface area contributed by atoms with Gasteiger partial charge in [0.25, 0.3) is 0 Å². The van der Waals surface area contributed by atoms with Crippen molar-refractivity contribution in [3.8, 4) is 0 Å². The minimum atomic E-state index is -1.19. The average molecular weight is 311 g/mol. The molecular formula is C14H15F2N3O3. The smallest absolute Gasteiger partial charge is 0.316 e. The number of benzene rings is 1. The Kier molecular flexibility index (Phi) is 5.16. The number of amides is 3. The lowest BCUT2D eigenvalue weighted by Gasteiger charge is -2.21. The Labute approximate surface area is 125 Å². The molecule has 0 radical (unpaired) electrons. The van der Waals surface area contributed by atoms with Crippen LogP contribution >= 0.6 is 0 Å². The maximum Gasteiger partial charge on any atom is 0.316 e. The van der Waals surface area contributed by atoms with E-state index in [-0.39, 0.29) is 11.6 Å². The van der Waals surface area contributed by atoms with Crippen LogP contribution in [0.5, 0.6) is 0 Å². The number of rotatable bonds is 2. The lowest BCUT2D eigenvalue weighted by molar-refractivity contribution is -0.141. The van der Waals surface area contributed by atoms with Crippen molar-refractivity contribution in [3.63, 3.8) is 0 Å². The zero-order valence-electron chi connectivity index (χ0n) is 11.6. The Hall–Kier alpha value is -2.35. The van der Waals surface area contributed by atoms with Crippen LogP contribution in [-0.4, -0.2) is 30.8 Å². The van der Waals surface area contributed by atoms with E-state index < -0.39 is 29.4 Å². The third kappa shape index (κ3) is 4.08. The molecule has 0 saturated carbocycles. The summed E-state index contributed by atoms with van der Waals surface area (Å²) in [6, 6.07) is 2.51. The monoisotopic (exact) mass is 311 g/mol. The van der Waals surface area contributed by atoms with Gasteiger partial charge in [0.05, 0.1) is 5.69 Å². The Morgan fingerprint density at radius 3 is 2.41 bits per heavy atom. The van der Waals surface area contributed by atoms with Crippen LogP contribution < -0.4 is 16.0 Å². The van der Waals surface area contributed by atoms with Gasteiger partial charge in [-0.3, -0.25) is 19.7 Å². The van der Waals surface area contributed by atoms with Gasteiger partial charge in [-0.15, -0.1) is 0 Å². The van der Waals surface area contributed by atoms with Gasteiger partial charge in [0, 0.05) is 12.0 Å². The molecule has 1 fully saturated rings. The van der Waals surface area contributed by atoms with Crippen molar-refractivity contribution in [1.29, 1.82) is 0 Å². The van der Waals surface area contributed by atoms with Gasteiger partial charge < -0.3 is 10.6 Å². The SMILES string of the molecule is O=C(NC(=O)C1CCNCC1)C(=O)Nc1ccc(F)cc1F. The molecule has 22 heavy (non-hydrogen) atoms. The first-order valence-electron chi connectivity index (χ1n) is 6.79. The normalized spacial score (nSPS) is 15.2. The predicted molar refractivity (Wildman–Crippen MR) is 73.7 cm³/mol. The van der Waals surface area contributed by atoms with Crippen LogP contribution in [0.3, 0.4) is 0 Å². The number of anilines is 1. The Bertz CT molecular complexity index is 601. The van der Waals surface area contributed by atoms with Crippen molar-refractivity contribution in [1.82, 2.24) is 10.6 Å². The second-order valence-corrected chi connectivity index (χ2v) is 4.92. The molecule has 6 nitrogen and oxygen atoms in total. The summed E-state index contributed by atoms with van der Waals surface area (Å²) < 4.78 is 26.1. The van der Waals surface area contributed by atoms with E-state index in [0.717, 1.165) is 12.1 Å². The molecule has 8 heteroatoms. The maximum absolute atomic E-state index is 13.4. The summed E-state index contributed by atoms with van der Waals surface area (Å²) >= 11 is 0. The zero-order valence-corrected chi connectivity index (χ0v) is 11.6. The molecule has 1 aliphatic heterocycles. The van der Waals surface area contributed by atoms with E-state index in [9.17, 15) is 23.2 Å². The van der Waals surface area contributed by atoms with Crippen LogP contribution in [0.15, 0.2) is 18.2 Å². The van der Waals surface area contributed by atoms with Crippen LogP contribution in [0.2, 0.25) is 0 Å². The van der Waals surface area contributed by atoms with Crippen molar-refractivity contribution < 1.29 is 23.2 Å². The molecule has 118 valence electrons. The van der Waals surface area contributed by atoms with Gasteiger partial charge in [0.1, 0.15) is 11.6 Å². The summed E-state index contributed by atoms with van der Waals surface area (Å²) in [5, 5.41) is 7.05. The van der Waals surface area contributed by atoms with Crippen LogP contribution in [0.4, 0.5) is 14.5 Å². The molecule has 0 aromatic heterocycles. The number of hydrogen-bond acceptors (Lipinski definition) is 4. The lowest BCUT2D eigenvalue weighted by Crippen LogP contribution is -2.44. The molecule has 0 spiro atoms. The number of halogens is 2. The second-order valence-electron chi connectivity index (χ2n) is 4.92. The van der Waals surface area contributed by atoms with Gasteiger partial charge in [0.2, 0.25) is 5.91 Å². The first kappa shape index (κ1) is 16.0. The van der Waals surface area contributed by atoms with Crippen LogP contribution in [-0.2, 0) is 14.4 Å². The number of hydrogen-bond donors (Lipinski definition) is 3. The van der Waals surface area contributed by atoms with Gasteiger partial charge in [-0.2, -0.15) is 0 Å². The largest absolute Gasteiger partial charge is 0.317 e. The molecule has 0 bridgehead atoms. The fourth-order valence-corrected chi connectivity index (χ4v) is 2.12. The third-order valence-electron chi connectivity index (χ3n) is 3.33. The van der Waals surface area contributed by atoms with Gasteiger partial charge in [0.15, 0.2) is 0 Å². The Morgan fingerprint density at radius 1 is 1.09 bits per heavy atom. The summed E-state index contributed by atoms with van der Waals surface area (Å²) in [5.41, 5.74) is -0.337. The number of piperidine rings is 1. The van der Waals surface area contributed by atoms with E-state index >= 15 is 0 Å². The Morgan fingerprint density at radius 2 is 1.77 bits per heavy atom. The van der Waals surface area contributed by atoms with Gasteiger partial charge in [-0.1, -0.05) is 0 Å². The minimum absolute atomic E-state index is 0.333. The molecule has 3 N–H and O–H groups in total. The maximum atomic E-state index is 13.4. The van der Waals surface area contributed by atoms with Crippen LogP contribution in [0.25, 0.3) is 0 Å². The fraction of sp³-hybridized carbons (Fsp3) is 0.357. The number of nitrogens with one attached hydrogen (secondary N) is 3. The summed E-state index contributed by atoms with van der Waals surface area (Å²) in [6.45, 7) is 1.33. The zero-order chi connectivity index (χ0) is 16.1. The van der Waals surface area contributed by atoms with Crippen molar-refractivity contribution in [2.24, 2.45) is 5.92 Å². The second kappa shape index (κ2) is 7.08. The van der Waals surface area contributed by atoms with E-state index in [4.69, 9.17) is 0 Å². The molecule has 1 aromatic carbocycles. The molecule has 3 amide bonds. The fourth-order valence-electron chi connectivity index (χ4n) is 2.12. The molecule has 1 saturated heterocycles. The molecule has 2 rings (SSSR count). The first-order valence-corrected chi connectivity index (χ1v) is 6.79. The summed E-state index contributed by atoms with van der Waals surface area (Å²) in [4.78, 5) is 35.1. The van der Waals surface area contributed by atoms with Crippen LogP contribution in [0.1, 0.15) is 12.8 Å². The third-order valence-corrected chi connectivity index (χ3v) is 3.33.